The minimum absolute atomic E-state index is 0.446. The number of carboxylic acid groups (broad SMARTS) is 1. The molecule has 1 unspecified atom stereocenters. The highest BCUT2D eigenvalue weighted by Gasteiger charge is 2.11. The van der Waals surface area contributed by atoms with Gasteiger partial charge in [-0.2, -0.15) is 0 Å². The Morgan fingerprint density at radius 1 is 1.62 bits per heavy atom. The van der Waals surface area contributed by atoms with Gasteiger partial charge < -0.3 is 5.11 Å². The molecule has 1 aromatic carbocycles. The molecule has 0 aromatic heterocycles. The average molecular weight is 217 g/mol. The lowest BCUT2D eigenvalue weighted by atomic mass is 10.4. The fourth-order valence-electron chi connectivity index (χ4n) is 0.795. The lowest BCUT2D eigenvalue weighted by Crippen LogP contribution is -2.10. The quantitative estimate of drug-likeness (QED) is 0.790. The standard InChI is InChI=1S/C9H9ClO2S/c1-6(9(11)12)13-8-4-2-3-7(10)5-8/h2-6H,1H3,(H,11,12). The lowest BCUT2D eigenvalue weighted by molar-refractivity contribution is -0.136. The predicted molar refractivity (Wildman–Crippen MR) is 54.4 cm³/mol. The van der Waals surface area contributed by atoms with Gasteiger partial charge >= 0.3 is 5.97 Å². The molecule has 0 radical (unpaired) electrons. The molecule has 4 heteroatoms. The Labute approximate surface area is 85.9 Å². The number of hydrogen-bond acceptors (Lipinski definition) is 2. The van der Waals surface area contributed by atoms with Gasteiger partial charge in [-0.25, -0.2) is 0 Å². The van der Waals surface area contributed by atoms with Gasteiger partial charge in [-0.3, -0.25) is 4.79 Å². The summed E-state index contributed by atoms with van der Waals surface area (Å²) in [6.45, 7) is 1.65. The second-order valence-electron chi connectivity index (χ2n) is 2.56. The maximum atomic E-state index is 10.5. The van der Waals surface area contributed by atoms with Gasteiger partial charge in [0, 0.05) is 9.92 Å². The van der Waals surface area contributed by atoms with Crippen molar-refractivity contribution >= 4 is 29.3 Å². The van der Waals surface area contributed by atoms with Crippen molar-refractivity contribution in [2.75, 3.05) is 0 Å². The molecule has 0 aliphatic heterocycles. The van der Waals surface area contributed by atoms with E-state index >= 15 is 0 Å². The number of hydrogen-bond donors (Lipinski definition) is 1. The van der Waals surface area contributed by atoms with Crippen molar-refractivity contribution in [1.29, 1.82) is 0 Å². The molecular weight excluding hydrogens is 208 g/mol. The first-order valence-corrected chi connectivity index (χ1v) is 5.00. The van der Waals surface area contributed by atoms with Crippen LogP contribution < -0.4 is 0 Å². The third-order valence-electron chi connectivity index (χ3n) is 1.46. The summed E-state index contributed by atoms with van der Waals surface area (Å²) in [5, 5.41) is 8.84. The van der Waals surface area contributed by atoms with Crippen LogP contribution in [-0.4, -0.2) is 16.3 Å². The predicted octanol–water partition coefficient (Wildman–Crippen LogP) is 2.91. The average Bonchev–Trinajstić information content (AvgIpc) is 2.04. The minimum atomic E-state index is -0.815. The van der Waals surface area contributed by atoms with Crippen molar-refractivity contribution < 1.29 is 9.90 Å². The van der Waals surface area contributed by atoms with E-state index in [0.29, 0.717) is 5.02 Å². The molecule has 0 heterocycles. The van der Waals surface area contributed by atoms with Gasteiger partial charge in [0.05, 0.1) is 0 Å². The van der Waals surface area contributed by atoms with Crippen LogP contribution in [0.2, 0.25) is 5.02 Å². The first-order valence-electron chi connectivity index (χ1n) is 3.74. The van der Waals surface area contributed by atoms with Crippen LogP contribution in [0.5, 0.6) is 0 Å². The fraction of sp³-hybridized carbons (Fsp3) is 0.222. The molecule has 0 aliphatic carbocycles. The lowest BCUT2D eigenvalue weighted by Gasteiger charge is -2.05. The van der Waals surface area contributed by atoms with E-state index in [9.17, 15) is 4.79 Å². The molecule has 2 nitrogen and oxygen atoms in total. The molecule has 0 fully saturated rings. The van der Waals surface area contributed by atoms with Crippen LogP contribution in [0.25, 0.3) is 0 Å². The van der Waals surface area contributed by atoms with Crippen LogP contribution in [0.1, 0.15) is 6.92 Å². The number of halogens is 1. The highest BCUT2D eigenvalue weighted by Crippen LogP contribution is 2.25. The highest BCUT2D eigenvalue weighted by molar-refractivity contribution is 8.00. The van der Waals surface area contributed by atoms with Crippen molar-refractivity contribution in [3.8, 4) is 0 Å². The van der Waals surface area contributed by atoms with Gasteiger partial charge in [-0.15, -0.1) is 11.8 Å². The van der Waals surface area contributed by atoms with E-state index in [1.165, 1.54) is 11.8 Å². The molecule has 13 heavy (non-hydrogen) atoms. The number of thioether (sulfide) groups is 1. The van der Waals surface area contributed by atoms with Gasteiger partial charge in [-0.1, -0.05) is 17.7 Å². The van der Waals surface area contributed by atoms with Gasteiger partial charge in [0.2, 0.25) is 0 Å². The summed E-state index contributed by atoms with van der Waals surface area (Å²) in [6, 6.07) is 7.16. The second-order valence-corrected chi connectivity index (χ2v) is 4.41. The Morgan fingerprint density at radius 3 is 2.85 bits per heavy atom. The van der Waals surface area contributed by atoms with Crippen LogP contribution in [0.4, 0.5) is 0 Å². The summed E-state index contributed by atoms with van der Waals surface area (Å²) in [5.74, 6) is -0.815. The number of aliphatic carboxylic acids is 1. The summed E-state index contributed by atoms with van der Waals surface area (Å²) >= 11 is 7.03. The molecule has 0 saturated carbocycles. The van der Waals surface area contributed by atoms with Crippen molar-refractivity contribution in [3.63, 3.8) is 0 Å². The van der Waals surface area contributed by atoms with Crippen molar-refractivity contribution in [3.05, 3.63) is 29.3 Å². The van der Waals surface area contributed by atoms with E-state index < -0.39 is 11.2 Å². The van der Waals surface area contributed by atoms with E-state index in [4.69, 9.17) is 16.7 Å². The molecule has 1 aromatic rings. The maximum absolute atomic E-state index is 10.5. The molecule has 1 rings (SSSR count). The normalized spacial score (nSPS) is 12.5. The zero-order chi connectivity index (χ0) is 9.84. The van der Waals surface area contributed by atoms with Crippen LogP contribution in [0, 0.1) is 0 Å². The van der Waals surface area contributed by atoms with Crippen LogP contribution >= 0.6 is 23.4 Å². The van der Waals surface area contributed by atoms with Gasteiger partial charge in [-0.05, 0) is 25.1 Å². The zero-order valence-corrected chi connectivity index (χ0v) is 8.60. The summed E-state index contributed by atoms with van der Waals surface area (Å²) < 4.78 is 0. The van der Waals surface area contributed by atoms with Crippen LogP contribution in [-0.2, 0) is 4.79 Å². The number of benzene rings is 1. The Hall–Kier alpha value is -0.670. The first kappa shape index (κ1) is 10.4. The first-order chi connectivity index (χ1) is 6.09. The van der Waals surface area contributed by atoms with Crippen molar-refractivity contribution in [1.82, 2.24) is 0 Å². The zero-order valence-electron chi connectivity index (χ0n) is 7.03. The van der Waals surface area contributed by atoms with Crippen molar-refractivity contribution in [2.45, 2.75) is 17.1 Å². The smallest absolute Gasteiger partial charge is 0.316 e. The summed E-state index contributed by atoms with van der Waals surface area (Å²) in [6.07, 6.45) is 0. The Morgan fingerprint density at radius 2 is 2.31 bits per heavy atom. The summed E-state index contributed by atoms with van der Waals surface area (Å²) in [5.41, 5.74) is 0. The highest BCUT2D eigenvalue weighted by atomic mass is 35.5. The van der Waals surface area contributed by atoms with Gasteiger partial charge in [0.1, 0.15) is 5.25 Å². The van der Waals surface area contributed by atoms with E-state index in [-0.39, 0.29) is 0 Å². The SMILES string of the molecule is CC(Sc1cccc(Cl)c1)C(=O)O. The molecular formula is C9H9ClO2S. The monoisotopic (exact) mass is 216 g/mol. The van der Waals surface area contributed by atoms with E-state index in [0.717, 1.165) is 4.90 Å². The van der Waals surface area contributed by atoms with Gasteiger partial charge in [0.25, 0.3) is 0 Å². The maximum Gasteiger partial charge on any atom is 0.316 e. The number of rotatable bonds is 3. The van der Waals surface area contributed by atoms with Crippen LogP contribution in [0.3, 0.4) is 0 Å². The van der Waals surface area contributed by atoms with E-state index in [1.807, 2.05) is 6.07 Å². The fourth-order valence-corrected chi connectivity index (χ4v) is 1.91. The Kier molecular flexibility index (Phi) is 3.63. The molecule has 0 amide bonds. The Balaban J connectivity index is 2.69. The molecule has 0 aliphatic rings. The van der Waals surface area contributed by atoms with E-state index in [1.54, 1.807) is 25.1 Å². The number of carboxylic acids is 1. The Bertz CT molecular complexity index is 314. The topological polar surface area (TPSA) is 37.3 Å². The third-order valence-corrected chi connectivity index (χ3v) is 2.77. The molecule has 1 N–H and O–H groups in total. The number of carbonyl (C=O) groups is 1. The molecule has 0 bridgehead atoms. The molecule has 70 valence electrons. The second kappa shape index (κ2) is 4.53. The van der Waals surface area contributed by atoms with Gasteiger partial charge in [0.15, 0.2) is 0 Å². The third kappa shape index (κ3) is 3.28. The van der Waals surface area contributed by atoms with E-state index in [2.05, 4.69) is 0 Å². The van der Waals surface area contributed by atoms with Crippen LogP contribution in [0.15, 0.2) is 29.2 Å². The summed E-state index contributed by atoms with van der Waals surface area (Å²) in [4.78, 5) is 11.4. The molecule has 1 atom stereocenters. The molecule has 0 saturated heterocycles. The minimum Gasteiger partial charge on any atom is -0.480 e. The van der Waals surface area contributed by atoms with Crippen molar-refractivity contribution in [2.24, 2.45) is 0 Å². The summed E-state index contributed by atoms with van der Waals surface area (Å²) in [7, 11) is 0. The largest absolute Gasteiger partial charge is 0.480 e. The molecule has 0 spiro atoms.